The van der Waals surface area contributed by atoms with Gasteiger partial charge in [0.15, 0.2) is 0 Å². The normalized spacial score (nSPS) is 19.2. The average Bonchev–Trinajstić information content (AvgIpc) is 2.82. The SMILES string of the molecule is COc1cc2nc(C)nc(N[C@H](C)c3cc(N)cc(C(F)(F)F)c3)c2cc1[C@H]1CC[C@H](C(=O)O)CC1. The molecule has 7 nitrogen and oxygen atoms in total. The number of aromatic nitrogens is 2. The molecule has 1 aliphatic rings. The number of anilines is 2. The predicted octanol–water partition coefficient (Wildman–Crippen LogP) is 6.08. The molecule has 1 fully saturated rings. The third-order valence-corrected chi connectivity index (χ3v) is 6.83. The van der Waals surface area contributed by atoms with Gasteiger partial charge in [0.25, 0.3) is 0 Å². The summed E-state index contributed by atoms with van der Waals surface area (Å²) in [5, 5.41) is 13.3. The summed E-state index contributed by atoms with van der Waals surface area (Å²) in [6, 6.07) is 6.77. The summed E-state index contributed by atoms with van der Waals surface area (Å²) in [7, 11) is 1.58. The van der Waals surface area contributed by atoms with E-state index in [4.69, 9.17) is 10.5 Å². The maximum absolute atomic E-state index is 13.3. The molecule has 0 spiro atoms. The number of aliphatic carboxylic acids is 1. The van der Waals surface area contributed by atoms with E-state index in [1.807, 2.05) is 12.1 Å². The van der Waals surface area contributed by atoms with Crippen molar-refractivity contribution in [3.8, 4) is 5.75 Å². The molecule has 0 amide bonds. The van der Waals surface area contributed by atoms with E-state index in [-0.39, 0.29) is 17.5 Å². The second-order valence-corrected chi connectivity index (χ2v) is 9.37. The molecule has 2 aromatic carbocycles. The number of benzene rings is 2. The third kappa shape index (κ3) is 5.32. The first-order chi connectivity index (χ1) is 17.0. The summed E-state index contributed by atoms with van der Waals surface area (Å²) in [4.78, 5) is 20.4. The first kappa shape index (κ1) is 25.5. The molecule has 1 aromatic heterocycles. The highest BCUT2D eigenvalue weighted by molar-refractivity contribution is 5.91. The van der Waals surface area contributed by atoms with Crippen molar-refractivity contribution in [3.05, 3.63) is 52.8 Å². The van der Waals surface area contributed by atoms with E-state index in [9.17, 15) is 23.1 Å². The number of nitrogens with zero attached hydrogens (tertiary/aromatic N) is 2. The fourth-order valence-electron chi connectivity index (χ4n) is 4.93. The van der Waals surface area contributed by atoms with Crippen molar-refractivity contribution < 1.29 is 27.8 Å². The van der Waals surface area contributed by atoms with Crippen LogP contribution in [0.5, 0.6) is 5.75 Å². The lowest BCUT2D eigenvalue weighted by atomic mass is 9.78. The Morgan fingerprint density at radius 2 is 1.83 bits per heavy atom. The minimum atomic E-state index is -4.51. The number of halogens is 3. The summed E-state index contributed by atoms with van der Waals surface area (Å²) >= 11 is 0. The topological polar surface area (TPSA) is 110 Å². The number of hydrogen-bond acceptors (Lipinski definition) is 6. The number of aryl methyl sites for hydroxylation is 1. The number of alkyl halides is 3. The van der Waals surface area contributed by atoms with Gasteiger partial charge < -0.3 is 20.9 Å². The van der Waals surface area contributed by atoms with Crippen LogP contribution in [0.25, 0.3) is 10.9 Å². The zero-order valence-corrected chi connectivity index (χ0v) is 20.3. The molecule has 0 radical (unpaired) electrons. The molecule has 4 rings (SSSR count). The van der Waals surface area contributed by atoms with Gasteiger partial charge in [0.2, 0.25) is 0 Å². The van der Waals surface area contributed by atoms with Crippen LogP contribution in [0.3, 0.4) is 0 Å². The highest BCUT2D eigenvalue weighted by atomic mass is 19.4. The van der Waals surface area contributed by atoms with Crippen LogP contribution < -0.4 is 15.8 Å². The van der Waals surface area contributed by atoms with E-state index in [1.54, 1.807) is 21.0 Å². The lowest BCUT2D eigenvalue weighted by Gasteiger charge is -2.28. The van der Waals surface area contributed by atoms with E-state index in [1.165, 1.54) is 6.07 Å². The van der Waals surface area contributed by atoms with Crippen molar-refractivity contribution in [2.75, 3.05) is 18.2 Å². The van der Waals surface area contributed by atoms with Crippen LogP contribution in [-0.2, 0) is 11.0 Å². The molecule has 0 saturated heterocycles. The maximum Gasteiger partial charge on any atom is 0.416 e. The number of fused-ring (bicyclic) bond motifs is 1. The van der Waals surface area contributed by atoms with Gasteiger partial charge in [0.1, 0.15) is 17.4 Å². The van der Waals surface area contributed by atoms with Gasteiger partial charge in [-0.25, -0.2) is 9.97 Å². The number of nitrogens with two attached hydrogens (primary N) is 1. The number of ether oxygens (including phenoxy) is 1. The third-order valence-electron chi connectivity index (χ3n) is 6.83. The van der Waals surface area contributed by atoms with Crippen LogP contribution in [0.15, 0.2) is 30.3 Å². The predicted molar refractivity (Wildman–Crippen MR) is 131 cm³/mol. The number of methoxy groups -OCH3 is 1. The number of carbonyl (C=O) groups is 1. The van der Waals surface area contributed by atoms with E-state index in [0.717, 1.165) is 17.7 Å². The molecule has 4 N–H and O–H groups in total. The fraction of sp³-hybridized carbons (Fsp3) is 0.423. The standard InChI is InChI=1S/C26H29F3N4O3/c1-13(17-8-18(26(27,28)29)10-19(30)9-17)31-24-21-11-20(15-4-6-16(7-5-15)25(34)35)23(36-3)12-22(21)32-14(2)33-24/h8-13,15-16H,4-7,30H2,1-3H3,(H,34,35)(H,31,32,33)/t13-,15-,16-/m1/s1. The summed E-state index contributed by atoms with van der Waals surface area (Å²) in [5.41, 5.74) is 6.95. The largest absolute Gasteiger partial charge is 0.496 e. The molecule has 10 heteroatoms. The number of carboxylic acid groups (broad SMARTS) is 1. The van der Waals surface area contributed by atoms with Crippen LogP contribution in [0, 0.1) is 12.8 Å². The highest BCUT2D eigenvalue weighted by Crippen LogP contribution is 2.42. The summed E-state index contributed by atoms with van der Waals surface area (Å²) in [5.74, 6) is 0.676. The first-order valence-electron chi connectivity index (χ1n) is 11.8. The van der Waals surface area contributed by atoms with Crippen LogP contribution in [-0.4, -0.2) is 28.2 Å². The molecule has 1 heterocycles. The molecular formula is C26H29F3N4O3. The first-order valence-corrected chi connectivity index (χ1v) is 11.8. The Kier molecular flexibility index (Phi) is 6.97. The Balaban J connectivity index is 1.71. The van der Waals surface area contributed by atoms with Gasteiger partial charge in [-0.2, -0.15) is 13.2 Å². The summed E-state index contributed by atoms with van der Waals surface area (Å²) < 4.78 is 45.6. The quantitative estimate of drug-likeness (QED) is 0.350. The monoisotopic (exact) mass is 502 g/mol. The van der Waals surface area contributed by atoms with Crippen molar-refractivity contribution in [2.45, 2.75) is 57.7 Å². The number of rotatable bonds is 6. The van der Waals surface area contributed by atoms with Crippen molar-refractivity contribution in [1.82, 2.24) is 9.97 Å². The Labute approximate surface area is 206 Å². The van der Waals surface area contributed by atoms with Crippen molar-refractivity contribution in [2.24, 2.45) is 5.92 Å². The van der Waals surface area contributed by atoms with E-state index < -0.39 is 23.8 Å². The van der Waals surface area contributed by atoms with E-state index in [0.29, 0.717) is 59.5 Å². The lowest BCUT2D eigenvalue weighted by Crippen LogP contribution is -2.20. The Bertz CT molecular complexity index is 1290. The minimum Gasteiger partial charge on any atom is -0.496 e. The Morgan fingerprint density at radius 1 is 1.14 bits per heavy atom. The smallest absolute Gasteiger partial charge is 0.416 e. The molecule has 3 aromatic rings. The van der Waals surface area contributed by atoms with Crippen molar-refractivity contribution in [3.63, 3.8) is 0 Å². The molecule has 1 atom stereocenters. The van der Waals surface area contributed by atoms with Gasteiger partial charge in [-0.1, -0.05) is 0 Å². The van der Waals surface area contributed by atoms with E-state index >= 15 is 0 Å². The number of nitrogen functional groups attached to an aromatic ring is 1. The van der Waals surface area contributed by atoms with Crippen LogP contribution in [0.4, 0.5) is 24.7 Å². The molecule has 1 saturated carbocycles. The molecule has 0 bridgehead atoms. The van der Waals surface area contributed by atoms with Crippen LogP contribution >= 0.6 is 0 Å². The Morgan fingerprint density at radius 3 is 2.44 bits per heavy atom. The highest BCUT2D eigenvalue weighted by Gasteiger charge is 2.32. The van der Waals surface area contributed by atoms with E-state index in [2.05, 4.69) is 15.3 Å². The zero-order valence-electron chi connectivity index (χ0n) is 20.3. The lowest BCUT2D eigenvalue weighted by molar-refractivity contribution is -0.143. The molecule has 36 heavy (non-hydrogen) atoms. The number of hydrogen-bond donors (Lipinski definition) is 3. The number of carboxylic acids is 1. The van der Waals surface area contributed by atoms with Crippen molar-refractivity contribution >= 4 is 28.4 Å². The molecule has 192 valence electrons. The van der Waals surface area contributed by atoms with Gasteiger partial charge in [-0.3, -0.25) is 4.79 Å². The van der Waals surface area contributed by atoms with Gasteiger partial charge in [0.05, 0.1) is 30.1 Å². The van der Waals surface area contributed by atoms with Gasteiger partial charge in [-0.15, -0.1) is 0 Å². The molecule has 0 aliphatic heterocycles. The average molecular weight is 503 g/mol. The molecular weight excluding hydrogens is 473 g/mol. The maximum atomic E-state index is 13.3. The zero-order chi connectivity index (χ0) is 26.2. The van der Waals surface area contributed by atoms with Gasteiger partial charge >= 0.3 is 12.1 Å². The molecule has 0 unspecified atom stereocenters. The summed E-state index contributed by atoms with van der Waals surface area (Å²) in [6.45, 7) is 3.49. The Hall–Kier alpha value is -3.56. The second kappa shape index (κ2) is 9.83. The van der Waals surface area contributed by atoms with Crippen molar-refractivity contribution in [1.29, 1.82) is 0 Å². The van der Waals surface area contributed by atoms with Crippen LogP contribution in [0.2, 0.25) is 0 Å². The van der Waals surface area contributed by atoms with Gasteiger partial charge in [0, 0.05) is 17.1 Å². The van der Waals surface area contributed by atoms with Crippen LogP contribution in [0.1, 0.15) is 67.1 Å². The molecule has 1 aliphatic carbocycles. The second-order valence-electron chi connectivity index (χ2n) is 9.37. The van der Waals surface area contributed by atoms with Gasteiger partial charge in [-0.05, 0) is 80.8 Å². The fourth-order valence-corrected chi connectivity index (χ4v) is 4.93. The number of nitrogens with one attached hydrogen (secondary N) is 1. The minimum absolute atomic E-state index is 0.0289. The summed E-state index contributed by atoms with van der Waals surface area (Å²) in [6.07, 6.45) is -1.90.